The Morgan fingerprint density at radius 3 is 2.71 bits per heavy atom. The van der Waals surface area contributed by atoms with Crippen LogP contribution in [0.15, 0.2) is 18.2 Å². The summed E-state index contributed by atoms with van der Waals surface area (Å²) < 4.78 is 4.62. The number of hydrogen-bond acceptors (Lipinski definition) is 3. The Hall–Kier alpha value is -1.51. The molecule has 17 heavy (non-hydrogen) atoms. The van der Waals surface area contributed by atoms with Gasteiger partial charge in [-0.1, -0.05) is 32.3 Å². The number of methoxy groups -OCH3 is 1. The van der Waals surface area contributed by atoms with Crippen molar-refractivity contribution in [3.63, 3.8) is 0 Å². The van der Waals surface area contributed by atoms with Crippen LogP contribution in [0.5, 0.6) is 5.75 Å². The van der Waals surface area contributed by atoms with Gasteiger partial charge < -0.3 is 9.84 Å². The molecule has 0 unspecified atom stereocenters. The first-order chi connectivity index (χ1) is 8.19. The van der Waals surface area contributed by atoms with Crippen LogP contribution >= 0.6 is 0 Å². The van der Waals surface area contributed by atoms with E-state index in [2.05, 4.69) is 11.7 Å². The number of unbranched alkanes of at least 4 members (excludes halogenated alkanes) is 3. The number of benzene rings is 1. The third-order valence-corrected chi connectivity index (χ3v) is 2.79. The van der Waals surface area contributed by atoms with Gasteiger partial charge in [-0.2, -0.15) is 0 Å². The van der Waals surface area contributed by atoms with Crippen molar-refractivity contribution in [1.29, 1.82) is 0 Å². The largest absolute Gasteiger partial charge is 0.507 e. The van der Waals surface area contributed by atoms with Crippen molar-refractivity contribution in [2.24, 2.45) is 0 Å². The monoisotopic (exact) mass is 236 g/mol. The van der Waals surface area contributed by atoms with Crippen LogP contribution in [0.3, 0.4) is 0 Å². The Bertz CT molecular complexity index is 372. The molecule has 0 aliphatic heterocycles. The number of rotatable bonds is 6. The second kappa shape index (κ2) is 6.94. The first-order valence-electron chi connectivity index (χ1n) is 6.09. The van der Waals surface area contributed by atoms with Gasteiger partial charge >= 0.3 is 5.97 Å². The summed E-state index contributed by atoms with van der Waals surface area (Å²) in [6.07, 6.45) is 5.69. The summed E-state index contributed by atoms with van der Waals surface area (Å²) in [4.78, 5) is 11.4. The van der Waals surface area contributed by atoms with Gasteiger partial charge in [0.1, 0.15) is 11.3 Å². The first kappa shape index (κ1) is 13.6. The van der Waals surface area contributed by atoms with Gasteiger partial charge in [-0.3, -0.25) is 0 Å². The number of phenols is 1. The van der Waals surface area contributed by atoms with E-state index in [9.17, 15) is 9.90 Å². The maximum atomic E-state index is 11.4. The summed E-state index contributed by atoms with van der Waals surface area (Å²) in [7, 11) is 1.32. The SMILES string of the molecule is CCCCCCc1ccc(O)c(C(=O)OC)c1. The number of ether oxygens (including phenoxy) is 1. The van der Waals surface area contributed by atoms with E-state index in [-0.39, 0.29) is 11.3 Å². The molecule has 0 radical (unpaired) electrons. The fraction of sp³-hybridized carbons (Fsp3) is 0.500. The normalized spacial score (nSPS) is 10.2. The molecule has 0 atom stereocenters. The second-order valence-electron chi connectivity index (χ2n) is 4.15. The molecule has 1 rings (SSSR count). The summed E-state index contributed by atoms with van der Waals surface area (Å²) in [6.45, 7) is 2.18. The van der Waals surface area contributed by atoms with Crippen molar-refractivity contribution >= 4 is 5.97 Å². The van der Waals surface area contributed by atoms with Gasteiger partial charge in [-0.25, -0.2) is 4.79 Å². The highest BCUT2D eigenvalue weighted by Gasteiger charge is 2.11. The summed E-state index contributed by atoms with van der Waals surface area (Å²) in [5.74, 6) is -0.507. The van der Waals surface area contributed by atoms with Gasteiger partial charge in [0.2, 0.25) is 0 Å². The third kappa shape index (κ3) is 4.10. The van der Waals surface area contributed by atoms with E-state index in [1.807, 2.05) is 6.07 Å². The quantitative estimate of drug-likeness (QED) is 0.609. The molecule has 1 aromatic carbocycles. The van der Waals surface area contributed by atoms with Crippen LogP contribution in [0.25, 0.3) is 0 Å². The molecule has 0 aliphatic rings. The zero-order valence-electron chi connectivity index (χ0n) is 10.5. The summed E-state index contributed by atoms with van der Waals surface area (Å²) in [5, 5.41) is 9.55. The van der Waals surface area contributed by atoms with Crippen molar-refractivity contribution in [1.82, 2.24) is 0 Å². The number of carbonyl (C=O) groups is 1. The molecule has 0 saturated carbocycles. The van der Waals surface area contributed by atoms with Gasteiger partial charge in [0, 0.05) is 0 Å². The zero-order chi connectivity index (χ0) is 12.7. The molecule has 0 fully saturated rings. The minimum atomic E-state index is -0.488. The Morgan fingerprint density at radius 1 is 1.29 bits per heavy atom. The highest BCUT2D eigenvalue weighted by Crippen LogP contribution is 2.20. The van der Waals surface area contributed by atoms with Crippen LogP contribution < -0.4 is 0 Å². The molecule has 0 aliphatic carbocycles. The lowest BCUT2D eigenvalue weighted by Crippen LogP contribution is -2.02. The van der Waals surface area contributed by atoms with Crippen LogP contribution in [-0.2, 0) is 11.2 Å². The van der Waals surface area contributed by atoms with Gasteiger partial charge in [0.25, 0.3) is 0 Å². The molecule has 1 aromatic rings. The van der Waals surface area contributed by atoms with Gasteiger partial charge in [0.15, 0.2) is 0 Å². The van der Waals surface area contributed by atoms with E-state index < -0.39 is 5.97 Å². The van der Waals surface area contributed by atoms with Crippen LogP contribution in [0.4, 0.5) is 0 Å². The Balaban J connectivity index is 2.65. The Kier molecular flexibility index (Phi) is 5.53. The van der Waals surface area contributed by atoms with Crippen LogP contribution in [-0.4, -0.2) is 18.2 Å². The maximum absolute atomic E-state index is 11.4. The molecule has 0 spiro atoms. The minimum absolute atomic E-state index is 0.0193. The predicted octanol–water partition coefficient (Wildman–Crippen LogP) is 3.30. The smallest absolute Gasteiger partial charge is 0.341 e. The predicted molar refractivity (Wildman–Crippen MR) is 67.3 cm³/mol. The lowest BCUT2D eigenvalue weighted by molar-refractivity contribution is 0.0597. The van der Waals surface area contributed by atoms with Crippen molar-refractivity contribution < 1.29 is 14.6 Å². The molecule has 0 amide bonds. The fourth-order valence-electron chi connectivity index (χ4n) is 1.77. The van der Waals surface area contributed by atoms with E-state index in [4.69, 9.17) is 0 Å². The first-order valence-corrected chi connectivity index (χ1v) is 6.09. The molecule has 1 N–H and O–H groups in total. The number of aryl methyl sites for hydroxylation is 1. The molecule has 3 nitrogen and oxygen atoms in total. The Morgan fingerprint density at radius 2 is 2.06 bits per heavy atom. The van der Waals surface area contributed by atoms with E-state index in [0.29, 0.717) is 0 Å². The van der Waals surface area contributed by atoms with Gasteiger partial charge in [-0.15, -0.1) is 0 Å². The van der Waals surface area contributed by atoms with E-state index in [1.54, 1.807) is 12.1 Å². The molecule has 94 valence electrons. The van der Waals surface area contributed by atoms with E-state index in [1.165, 1.54) is 26.4 Å². The molecule has 0 bridgehead atoms. The number of esters is 1. The molecule has 3 heteroatoms. The van der Waals surface area contributed by atoms with Gasteiger partial charge in [-0.05, 0) is 30.5 Å². The fourth-order valence-corrected chi connectivity index (χ4v) is 1.77. The van der Waals surface area contributed by atoms with Crippen molar-refractivity contribution in [3.05, 3.63) is 29.3 Å². The topological polar surface area (TPSA) is 46.5 Å². The molecular weight excluding hydrogens is 216 g/mol. The summed E-state index contributed by atoms with van der Waals surface area (Å²) in [5.41, 5.74) is 1.32. The third-order valence-electron chi connectivity index (χ3n) is 2.79. The van der Waals surface area contributed by atoms with E-state index >= 15 is 0 Å². The number of hydrogen-bond donors (Lipinski definition) is 1. The highest BCUT2D eigenvalue weighted by atomic mass is 16.5. The molecule has 0 aromatic heterocycles. The van der Waals surface area contributed by atoms with Crippen molar-refractivity contribution in [2.45, 2.75) is 39.0 Å². The van der Waals surface area contributed by atoms with Crippen LogP contribution in [0.1, 0.15) is 48.5 Å². The lowest BCUT2D eigenvalue weighted by Gasteiger charge is -2.06. The van der Waals surface area contributed by atoms with Crippen LogP contribution in [0.2, 0.25) is 0 Å². The highest BCUT2D eigenvalue weighted by molar-refractivity contribution is 5.92. The van der Waals surface area contributed by atoms with Crippen LogP contribution in [0, 0.1) is 0 Å². The molecule has 0 heterocycles. The number of aromatic hydroxyl groups is 1. The molecule has 0 saturated heterocycles. The lowest BCUT2D eigenvalue weighted by atomic mass is 10.0. The number of carbonyl (C=O) groups excluding carboxylic acids is 1. The number of phenolic OH excluding ortho intramolecular Hbond substituents is 1. The zero-order valence-corrected chi connectivity index (χ0v) is 10.5. The average Bonchev–Trinajstić information content (AvgIpc) is 2.35. The molecular formula is C14H20O3. The Labute approximate surface area is 102 Å². The second-order valence-corrected chi connectivity index (χ2v) is 4.15. The average molecular weight is 236 g/mol. The summed E-state index contributed by atoms with van der Waals surface area (Å²) >= 11 is 0. The van der Waals surface area contributed by atoms with Crippen molar-refractivity contribution in [2.75, 3.05) is 7.11 Å². The maximum Gasteiger partial charge on any atom is 0.341 e. The summed E-state index contributed by atoms with van der Waals surface area (Å²) in [6, 6.07) is 5.13. The standard InChI is InChI=1S/C14H20O3/c1-3-4-5-6-7-11-8-9-13(15)12(10-11)14(16)17-2/h8-10,15H,3-7H2,1-2H3. The minimum Gasteiger partial charge on any atom is -0.507 e. The van der Waals surface area contributed by atoms with Crippen molar-refractivity contribution in [3.8, 4) is 5.75 Å². The van der Waals surface area contributed by atoms with E-state index in [0.717, 1.165) is 18.4 Å². The van der Waals surface area contributed by atoms with Gasteiger partial charge in [0.05, 0.1) is 7.11 Å².